The SMILES string of the molecule is O=C(O)CN(C(=O)c1csc(C2CCCO2)n1)c1ccccc1. The van der Waals surface area contributed by atoms with E-state index in [0.29, 0.717) is 12.3 Å². The highest BCUT2D eigenvalue weighted by Crippen LogP contribution is 2.31. The van der Waals surface area contributed by atoms with Crippen molar-refractivity contribution in [3.05, 3.63) is 46.4 Å². The van der Waals surface area contributed by atoms with Gasteiger partial charge < -0.3 is 9.84 Å². The Balaban J connectivity index is 1.84. The molecule has 1 aromatic heterocycles. The highest BCUT2D eigenvalue weighted by atomic mass is 32.1. The summed E-state index contributed by atoms with van der Waals surface area (Å²) in [7, 11) is 0. The predicted octanol–water partition coefficient (Wildman–Crippen LogP) is 2.73. The van der Waals surface area contributed by atoms with E-state index in [0.717, 1.165) is 17.8 Å². The number of nitrogens with zero attached hydrogens (tertiary/aromatic N) is 2. The van der Waals surface area contributed by atoms with Crippen molar-refractivity contribution in [2.24, 2.45) is 0 Å². The summed E-state index contributed by atoms with van der Waals surface area (Å²) in [6, 6.07) is 8.74. The number of carbonyl (C=O) groups is 2. The molecule has 0 radical (unpaired) electrons. The van der Waals surface area contributed by atoms with Gasteiger partial charge in [-0.3, -0.25) is 14.5 Å². The van der Waals surface area contributed by atoms with Crippen LogP contribution in [0.5, 0.6) is 0 Å². The van der Waals surface area contributed by atoms with E-state index in [-0.39, 0.29) is 11.8 Å². The number of para-hydroxylation sites is 1. The maximum Gasteiger partial charge on any atom is 0.323 e. The maximum atomic E-state index is 12.7. The maximum absolute atomic E-state index is 12.7. The molecular weight excluding hydrogens is 316 g/mol. The number of hydrogen-bond acceptors (Lipinski definition) is 5. The zero-order valence-electron chi connectivity index (χ0n) is 12.3. The van der Waals surface area contributed by atoms with Crippen molar-refractivity contribution in [2.45, 2.75) is 18.9 Å². The molecule has 120 valence electrons. The van der Waals surface area contributed by atoms with E-state index in [2.05, 4.69) is 4.98 Å². The second-order valence-electron chi connectivity index (χ2n) is 5.19. The number of aromatic nitrogens is 1. The minimum absolute atomic E-state index is 0.0498. The van der Waals surface area contributed by atoms with Crippen molar-refractivity contribution in [3.63, 3.8) is 0 Å². The third kappa shape index (κ3) is 3.57. The Morgan fingerprint density at radius 3 is 2.78 bits per heavy atom. The number of benzene rings is 1. The lowest BCUT2D eigenvalue weighted by molar-refractivity contribution is -0.135. The summed E-state index contributed by atoms with van der Waals surface area (Å²) < 4.78 is 5.57. The van der Waals surface area contributed by atoms with Gasteiger partial charge in [-0.25, -0.2) is 4.98 Å². The van der Waals surface area contributed by atoms with Crippen molar-refractivity contribution < 1.29 is 19.4 Å². The van der Waals surface area contributed by atoms with Crippen LogP contribution in [0, 0.1) is 0 Å². The summed E-state index contributed by atoms with van der Waals surface area (Å²) >= 11 is 1.38. The Morgan fingerprint density at radius 2 is 2.13 bits per heavy atom. The van der Waals surface area contributed by atoms with Crippen LogP contribution in [0.25, 0.3) is 0 Å². The van der Waals surface area contributed by atoms with Crippen molar-refractivity contribution in [2.75, 3.05) is 18.1 Å². The predicted molar refractivity (Wildman–Crippen MR) is 85.8 cm³/mol. The molecule has 3 rings (SSSR count). The Bertz CT molecular complexity index is 695. The fourth-order valence-electron chi connectivity index (χ4n) is 2.47. The van der Waals surface area contributed by atoms with E-state index in [9.17, 15) is 9.59 Å². The van der Waals surface area contributed by atoms with E-state index in [4.69, 9.17) is 9.84 Å². The lowest BCUT2D eigenvalue weighted by atomic mass is 10.2. The van der Waals surface area contributed by atoms with Gasteiger partial charge in [0, 0.05) is 17.7 Å². The molecule has 1 aromatic carbocycles. The van der Waals surface area contributed by atoms with Gasteiger partial charge in [-0.1, -0.05) is 18.2 Å². The number of carboxylic acid groups (broad SMARTS) is 1. The number of carboxylic acids is 1. The molecule has 1 fully saturated rings. The van der Waals surface area contributed by atoms with Gasteiger partial charge in [-0.15, -0.1) is 11.3 Å². The molecule has 1 aliphatic rings. The molecule has 1 N–H and O–H groups in total. The van der Waals surface area contributed by atoms with Crippen LogP contribution in [-0.2, 0) is 9.53 Å². The molecule has 0 bridgehead atoms. The van der Waals surface area contributed by atoms with E-state index in [1.54, 1.807) is 29.6 Å². The lowest BCUT2D eigenvalue weighted by Gasteiger charge is -2.19. The first-order chi connectivity index (χ1) is 11.1. The summed E-state index contributed by atoms with van der Waals surface area (Å²) in [5.41, 5.74) is 0.789. The van der Waals surface area contributed by atoms with Gasteiger partial charge in [0.05, 0.1) is 0 Å². The van der Waals surface area contributed by atoms with E-state index < -0.39 is 18.4 Å². The fourth-order valence-corrected chi connectivity index (χ4v) is 3.34. The molecule has 0 spiro atoms. The quantitative estimate of drug-likeness (QED) is 0.910. The molecule has 2 aromatic rings. The van der Waals surface area contributed by atoms with Crippen LogP contribution in [0.1, 0.15) is 34.4 Å². The molecule has 1 saturated heterocycles. The number of amides is 1. The normalized spacial score (nSPS) is 17.1. The molecule has 1 unspecified atom stereocenters. The Kier molecular flexibility index (Phi) is 4.68. The number of aliphatic carboxylic acids is 1. The van der Waals surface area contributed by atoms with E-state index in [1.807, 2.05) is 6.07 Å². The fraction of sp³-hybridized carbons (Fsp3) is 0.312. The Labute approximate surface area is 137 Å². The van der Waals surface area contributed by atoms with Crippen molar-refractivity contribution in [3.8, 4) is 0 Å². The molecule has 1 amide bonds. The minimum atomic E-state index is -1.07. The van der Waals surface area contributed by atoms with E-state index in [1.165, 1.54) is 16.2 Å². The number of ether oxygens (including phenoxy) is 1. The largest absolute Gasteiger partial charge is 0.480 e. The first-order valence-corrected chi connectivity index (χ1v) is 8.19. The highest BCUT2D eigenvalue weighted by molar-refractivity contribution is 7.09. The number of carbonyl (C=O) groups excluding carboxylic acids is 1. The number of anilines is 1. The first-order valence-electron chi connectivity index (χ1n) is 7.31. The third-order valence-electron chi connectivity index (χ3n) is 3.55. The average molecular weight is 332 g/mol. The molecular formula is C16H16N2O4S. The number of rotatable bonds is 5. The molecule has 0 saturated carbocycles. The smallest absolute Gasteiger partial charge is 0.323 e. The van der Waals surface area contributed by atoms with E-state index >= 15 is 0 Å². The topological polar surface area (TPSA) is 79.7 Å². The monoisotopic (exact) mass is 332 g/mol. The lowest BCUT2D eigenvalue weighted by Crippen LogP contribution is -2.35. The summed E-state index contributed by atoms with van der Waals surface area (Å²) in [6.45, 7) is 0.304. The van der Waals surface area contributed by atoms with Crippen LogP contribution in [0.4, 0.5) is 5.69 Å². The highest BCUT2D eigenvalue weighted by Gasteiger charge is 2.26. The summed E-state index contributed by atoms with van der Waals surface area (Å²) in [6.07, 6.45) is 1.84. The zero-order valence-corrected chi connectivity index (χ0v) is 13.2. The van der Waals surface area contributed by atoms with Crippen LogP contribution in [0.15, 0.2) is 35.7 Å². The van der Waals surface area contributed by atoms with Crippen LogP contribution in [0.2, 0.25) is 0 Å². The summed E-state index contributed by atoms with van der Waals surface area (Å²) in [5, 5.41) is 11.5. The van der Waals surface area contributed by atoms with Gasteiger partial charge >= 0.3 is 5.97 Å². The second kappa shape index (κ2) is 6.89. The van der Waals surface area contributed by atoms with Gasteiger partial charge in [0.25, 0.3) is 5.91 Å². The minimum Gasteiger partial charge on any atom is -0.480 e. The standard InChI is InChI=1S/C16H16N2O4S/c19-14(20)9-18(11-5-2-1-3-6-11)16(21)12-10-23-15(17-12)13-7-4-8-22-13/h1-3,5-6,10,13H,4,7-9H2,(H,19,20). The summed E-state index contributed by atoms with van der Waals surface area (Å²) in [4.78, 5) is 29.4. The molecule has 0 aliphatic carbocycles. The number of hydrogen-bond donors (Lipinski definition) is 1. The molecule has 1 atom stereocenters. The van der Waals surface area contributed by atoms with Gasteiger partial charge in [-0.05, 0) is 25.0 Å². The Hall–Kier alpha value is -2.25. The molecule has 1 aliphatic heterocycles. The van der Waals surface area contributed by atoms with Crippen LogP contribution in [0.3, 0.4) is 0 Å². The molecule has 7 heteroatoms. The number of thiazole rings is 1. The Morgan fingerprint density at radius 1 is 1.35 bits per heavy atom. The van der Waals surface area contributed by atoms with Gasteiger partial charge in [0.1, 0.15) is 23.4 Å². The van der Waals surface area contributed by atoms with Crippen molar-refractivity contribution in [1.82, 2.24) is 4.98 Å². The third-order valence-corrected chi connectivity index (χ3v) is 4.49. The zero-order chi connectivity index (χ0) is 16.2. The second-order valence-corrected chi connectivity index (χ2v) is 6.08. The van der Waals surface area contributed by atoms with Crippen molar-refractivity contribution >= 4 is 28.9 Å². The van der Waals surface area contributed by atoms with Crippen LogP contribution >= 0.6 is 11.3 Å². The van der Waals surface area contributed by atoms with Gasteiger partial charge in [0.15, 0.2) is 0 Å². The van der Waals surface area contributed by atoms with Gasteiger partial charge in [-0.2, -0.15) is 0 Å². The van der Waals surface area contributed by atoms with Gasteiger partial charge in [0.2, 0.25) is 0 Å². The molecule has 2 heterocycles. The average Bonchev–Trinajstić information content (AvgIpc) is 3.23. The van der Waals surface area contributed by atoms with Crippen LogP contribution < -0.4 is 4.90 Å². The molecule has 6 nitrogen and oxygen atoms in total. The van der Waals surface area contributed by atoms with Crippen molar-refractivity contribution in [1.29, 1.82) is 0 Å². The molecule has 23 heavy (non-hydrogen) atoms. The van der Waals surface area contributed by atoms with Crippen LogP contribution in [-0.4, -0.2) is 35.1 Å². The summed E-state index contributed by atoms with van der Waals surface area (Å²) in [5.74, 6) is -1.49. The first kappa shape index (κ1) is 15.6.